The molecule has 0 radical (unpaired) electrons. The van der Waals surface area contributed by atoms with Gasteiger partial charge in [0.25, 0.3) is 0 Å². The summed E-state index contributed by atoms with van der Waals surface area (Å²) in [5, 5.41) is 0. The van der Waals surface area contributed by atoms with Gasteiger partial charge in [0.15, 0.2) is 0 Å². The molecule has 2 aliphatic carbocycles. The lowest BCUT2D eigenvalue weighted by molar-refractivity contribution is -0.449. The highest BCUT2D eigenvalue weighted by atomic mass is 19.4. The molecule has 0 N–H and O–H groups in total. The molecular formula is C32H37F15O. The standard InChI is InChI=1S/C32H37F15O/c1-2-3-4-19-7-13-22(14-8-19)23-15-9-20(10-16-23)5-6-21-11-17-24(18-12-21)25(48)26(33,34)27(35,36)28(37,38)29(39,40)30(41,42)31(43,44)32(45,46)47/h11-12,17-20,22-23H,2-10,13-16H2,1H3. The number of carbonyl (C=O) groups excluding carboxylic acids is 1. The maximum absolute atomic E-state index is 14.4. The number of benzene rings is 1. The Bertz CT molecular complexity index is 1210. The van der Waals surface area contributed by atoms with Crippen LogP contribution < -0.4 is 0 Å². The summed E-state index contributed by atoms with van der Waals surface area (Å²) in [6, 6.07) is 2.93. The SMILES string of the molecule is CCCCC1CCC(C2CCC(CCc3ccc(C(=O)C(F)(F)C(F)(F)C(F)(F)C(F)(F)C(F)(F)C(F)(F)C(F)(F)F)cc3)CC2)CC1. The lowest BCUT2D eigenvalue weighted by atomic mass is 9.68. The van der Waals surface area contributed by atoms with Crippen LogP contribution in [0.4, 0.5) is 65.9 Å². The smallest absolute Gasteiger partial charge is 0.287 e. The van der Waals surface area contributed by atoms with Gasteiger partial charge in [-0.1, -0.05) is 76.1 Å². The Balaban J connectivity index is 1.62. The van der Waals surface area contributed by atoms with Gasteiger partial charge in [-0.2, -0.15) is 65.9 Å². The summed E-state index contributed by atoms with van der Waals surface area (Å²) in [5.74, 6) is -48.8. The third-order valence-corrected chi connectivity index (χ3v) is 10.1. The molecule has 1 nitrogen and oxygen atoms in total. The number of carbonyl (C=O) groups is 1. The van der Waals surface area contributed by atoms with Crippen molar-refractivity contribution < 1.29 is 70.7 Å². The van der Waals surface area contributed by atoms with Crippen molar-refractivity contribution in [1.82, 2.24) is 0 Å². The first-order valence-corrected chi connectivity index (χ1v) is 15.8. The number of hydrogen-bond donors (Lipinski definition) is 0. The number of rotatable bonds is 14. The zero-order valence-electron chi connectivity index (χ0n) is 25.9. The van der Waals surface area contributed by atoms with E-state index in [4.69, 9.17) is 0 Å². The van der Waals surface area contributed by atoms with Gasteiger partial charge in [0.05, 0.1) is 0 Å². The lowest BCUT2D eigenvalue weighted by Crippen LogP contribution is -2.73. The molecular weight excluding hydrogens is 685 g/mol. The molecule has 0 spiro atoms. The van der Waals surface area contributed by atoms with E-state index in [2.05, 4.69) is 6.92 Å². The summed E-state index contributed by atoms with van der Waals surface area (Å²) in [6.45, 7) is 2.18. The Morgan fingerprint density at radius 1 is 0.562 bits per heavy atom. The number of halogens is 15. The minimum atomic E-state index is -8.43. The molecule has 0 unspecified atom stereocenters. The zero-order valence-corrected chi connectivity index (χ0v) is 25.9. The fraction of sp³-hybridized carbons (Fsp3) is 0.781. The molecule has 0 aromatic heterocycles. The van der Waals surface area contributed by atoms with E-state index in [0.29, 0.717) is 48.3 Å². The third-order valence-electron chi connectivity index (χ3n) is 10.1. The summed E-state index contributed by atoms with van der Waals surface area (Å²) < 4.78 is 202. The predicted molar refractivity (Wildman–Crippen MR) is 145 cm³/mol. The molecule has 0 atom stereocenters. The van der Waals surface area contributed by atoms with E-state index in [1.807, 2.05) is 0 Å². The summed E-state index contributed by atoms with van der Waals surface area (Å²) in [7, 11) is 0. The molecule has 276 valence electrons. The number of unbranched alkanes of at least 4 members (excludes halogenated alkanes) is 1. The van der Waals surface area contributed by atoms with E-state index >= 15 is 0 Å². The molecule has 3 rings (SSSR count). The first-order chi connectivity index (χ1) is 21.9. The van der Waals surface area contributed by atoms with E-state index in [1.165, 1.54) is 44.9 Å². The molecule has 1 aromatic carbocycles. The van der Waals surface area contributed by atoms with E-state index in [-0.39, 0.29) is 0 Å². The van der Waals surface area contributed by atoms with E-state index in [9.17, 15) is 70.7 Å². The van der Waals surface area contributed by atoms with Crippen molar-refractivity contribution in [2.24, 2.45) is 23.7 Å². The number of aryl methyl sites for hydroxylation is 1. The average molecular weight is 723 g/mol. The fourth-order valence-corrected chi connectivity index (χ4v) is 6.87. The van der Waals surface area contributed by atoms with Gasteiger partial charge in [-0.15, -0.1) is 0 Å². The normalized spacial score (nSPS) is 24.1. The number of Topliss-reactive ketones (excluding diaryl/α,β-unsaturated/α-hetero) is 1. The van der Waals surface area contributed by atoms with E-state index in [0.717, 1.165) is 43.7 Å². The monoisotopic (exact) mass is 722 g/mol. The molecule has 2 saturated carbocycles. The van der Waals surface area contributed by atoms with Crippen molar-refractivity contribution in [3.8, 4) is 0 Å². The second-order valence-electron chi connectivity index (χ2n) is 13.2. The molecule has 0 amide bonds. The zero-order chi connectivity index (χ0) is 36.6. The van der Waals surface area contributed by atoms with E-state index < -0.39 is 53.1 Å². The third kappa shape index (κ3) is 7.32. The Kier molecular flexibility index (Phi) is 11.9. The molecule has 2 fully saturated rings. The van der Waals surface area contributed by atoms with Crippen LogP contribution in [-0.4, -0.2) is 47.5 Å². The van der Waals surface area contributed by atoms with Crippen LogP contribution in [0.2, 0.25) is 0 Å². The largest absolute Gasteiger partial charge is 0.460 e. The number of alkyl halides is 15. The number of ketones is 1. The second-order valence-corrected chi connectivity index (χ2v) is 13.2. The Hall–Kier alpha value is -2.16. The number of hydrogen-bond acceptors (Lipinski definition) is 1. The summed E-state index contributed by atoms with van der Waals surface area (Å²) >= 11 is 0. The van der Waals surface area contributed by atoms with Crippen LogP contribution in [0.25, 0.3) is 0 Å². The van der Waals surface area contributed by atoms with Gasteiger partial charge in [0.1, 0.15) is 0 Å². The van der Waals surface area contributed by atoms with Gasteiger partial charge in [-0.25, -0.2) is 0 Å². The van der Waals surface area contributed by atoms with Gasteiger partial charge in [0.2, 0.25) is 5.78 Å². The van der Waals surface area contributed by atoms with Crippen LogP contribution in [0.1, 0.15) is 99.9 Å². The lowest BCUT2D eigenvalue weighted by Gasteiger charge is -2.41. The molecule has 48 heavy (non-hydrogen) atoms. The van der Waals surface area contributed by atoms with Crippen molar-refractivity contribution in [1.29, 1.82) is 0 Å². The molecule has 16 heteroatoms. The first kappa shape index (κ1) is 40.3. The minimum absolute atomic E-state index is 0.318. The first-order valence-electron chi connectivity index (χ1n) is 15.8. The van der Waals surface area contributed by atoms with Gasteiger partial charge in [0, 0.05) is 5.56 Å². The highest BCUT2D eigenvalue weighted by Gasteiger charge is 2.94. The second kappa shape index (κ2) is 14.2. The van der Waals surface area contributed by atoms with Crippen LogP contribution in [0.3, 0.4) is 0 Å². The van der Waals surface area contributed by atoms with Crippen molar-refractivity contribution in [3.05, 3.63) is 35.4 Å². The highest BCUT2D eigenvalue weighted by molar-refractivity contribution is 6.02. The van der Waals surface area contributed by atoms with Crippen LogP contribution in [0.15, 0.2) is 24.3 Å². The Labute approximate surface area is 268 Å². The Morgan fingerprint density at radius 3 is 1.38 bits per heavy atom. The molecule has 0 bridgehead atoms. The predicted octanol–water partition coefficient (Wildman–Crippen LogP) is 12.0. The van der Waals surface area contributed by atoms with Crippen molar-refractivity contribution in [3.63, 3.8) is 0 Å². The van der Waals surface area contributed by atoms with Crippen molar-refractivity contribution in [2.75, 3.05) is 0 Å². The molecule has 0 aliphatic heterocycles. The van der Waals surface area contributed by atoms with Gasteiger partial charge in [-0.05, 0) is 67.8 Å². The van der Waals surface area contributed by atoms with Gasteiger partial charge >= 0.3 is 41.7 Å². The average Bonchev–Trinajstić information content (AvgIpc) is 3.02. The molecule has 0 saturated heterocycles. The van der Waals surface area contributed by atoms with Crippen LogP contribution >= 0.6 is 0 Å². The van der Waals surface area contributed by atoms with Crippen molar-refractivity contribution in [2.45, 2.75) is 132 Å². The molecule has 2 aliphatic rings. The maximum Gasteiger partial charge on any atom is 0.460 e. The van der Waals surface area contributed by atoms with Crippen LogP contribution in [-0.2, 0) is 6.42 Å². The quantitative estimate of drug-likeness (QED) is 0.138. The highest BCUT2D eigenvalue weighted by Crippen LogP contribution is 2.62. The maximum atomic E-state index is 14.4. The van der Waals surface area contributed by atoms with E-state index in [1.54, 1.807) is 0 Å². The summed E-state index contributed by atoms with van der Waals surface area (Å²) in [5.41, 5.74) is -1.06. The molecule has 1 aromatic rings. The molecule has 0 heterocycles. The summed E-state index contributed by atoms with van der Waals surface area (Å²) in [6.07, 6.45) is 5.94. The van der Waals surface area contributed by atoms with Gasteiger partial charge < -0.3 is 0 Å². The van der Waals surface area contributed by atoms with Crippen LogP contribution in [0.5, 0.6) is 0 Å². The van der Waals surface area contributed by atoms with Gasteiger partial charge in [-0.3, -0.25) is 4.79 Å². The minimum Gasteiger partial charge on any atom is -0.287 e. The summed E-state index contributed by atoms with van der Waals surface area (Å²) in [4.78, 5) is 12.1. The Morgan fingerprint density at radius 2 is 0.958 bits per heavy atom. The van der Waals surface area contributed by atoms with Crippen molar-refractivity contribution >= 4 is 5.78 Å². The van der Waals surface area contributed by atoms with Crippen LogP contribution in [0, 0.1) is 23.7 Å². The fourth-order valence-electron chi connectivity index (χ4n) is 6.87. The topological polar surface area (TPSA) is 17.1 Å².